The number of methoxy groups -OCH3 is 2. The van der Waals surface area contributed by atoms with E-state index in [9.17, 15) is 10.1 Å². The van der Waals surface area contributed by atoms with Crippen molar-refractivity contribution < 1.29 is 14.4 Å². The van der Waals surface area contributed by atoms with Crippen LogP contribution >= 0.6 is 0 Å². The first-order valence-corrected chi connectivity index (χ1v) is 5.71. The first-order chi connectivity index (χ1) is 8.78. The summed E-state index contributed by atoms with van der Waals surface area (Å²) in [5, 5.41) is 14.0. The van der Waals surface area contributed by atoms with Crippen LogP contribution in [0.25, 0.3) is 0 Å². The summed E-state index contributed by atoms with van der Waals surface area (Å²) in [5.74, 6) is 0.734. The molecule has 7 nitrogen and oxygen atoms in total. The van der Waals surface area contributed by atoms with Crippen LogP contribution in [0.3, 0.4) is 0 Å². The number of rotatable bonds is 6. The van der Waals surface area contributed by atoms with Gasteiger partial charge in [-0.2, -0.15) is 0 Å². The van der Waals surface area contributed by atoms with Gasteiger partial charge in [-0.3, -0.25) is 10.1 Å². The summed E-state index contributed by atoms with van der Waals surface area (Å²) in [5.41, 5.74) is 5.63. The molecule has 1 aromatic carbocycles. The number of nitro groups is 1. The number of nitrogens with two attached hydrogens (primary N) is 1. The van der Waals surface area contributed by atoms with Crippen molar-refractivity contribution in [2.75, 3.05) is 26.1 Å². The van der Waals surface area contributed by atoms with E-state index in [2.05, 4.69) is 5.32 Å². The molecule has 0 amide bonds. The molecule has 1 aromatic rings. The second kappa shape index (κ2) is 5.75. The zero-order valence-electron chi connectivity index (χ0n) is 11.5. The van der Waals surface area contributed by atoms with Gasteiger partial charge in [0, 0.05) is 18.2 Å². The number of nitro benzene ring substituents is 1. The lowest BCUT2D eigenvalue weighted by Crippen LogP contribution is -2.39. The van der Waals surface area contributed by atoms with Gasteiger partial charge in [0.25, 0.3) is 5.69 Å². The molecule has 0 radical (unpaired) electrons. The Bertz CT molecular complexity index is 469. The highest BCUT2D eigenvalue weighted by atomic mass is 16.6. The Morgan fingerprint density at radius 3 is 2.26 bits per heavy atom. The molecular formula is C12H19N3O4. The van der Waals surface area contributed by atoms with Gasteiger partial charge in [-0.15, -0.1) is 0 Å². The van der Waals surface area contributed by atoms with E-state index in [-0.39, 0.29) is 5.69 Å². The summed E-state index contributed by atoms with van der Waals surface area (Å²) in [7, 11) is 2.90. The van der Waals surface area contributed by atoms with Crippen molar-refractivity contribution in [1.29, 1.82) is 0 Å². The topological polar surface area (TPSA) is 99.7 Å². The molecule has 0 aliphatic rings. The van der Waals surface area contributed by atoms with E-state index < -0.39 is 10.5 Å². The molecule has 0 unspecified atom stereocenters. The molecule has 0 spiro atoms. The van der Waals surface area contributed by atoms with Gasteiger partial charge < -0.3 is 20.5 Å². The van der Waals surface area contributed by atoms with Crippen molar-refractivity contribution in [3.63, 3.8) is 0 Å². The van der Waals surface area contributed by atoms with E-state index in [1.165, 1.54) is 26.4 Å². The third-order valence-electron chi connectivity index (χ3n) is 2.43. The third kappa shape index (κ3) is 3.99. The first-order valence-electron chi connectivity index (χ1n) is 5.71. The van der Waals surface area contributed by atoms with Crippen LogP contribution in [-0.4, -0.2) is 31.2 Å². The van der Waals surface area contributed by atoms with E-state index in [0.717, 1.165) is 0 Å². The molecule has 0 saturated heterocycles. The lowest BCUT2D eigenvalue weighted by molar-refractivity contribution is -0.384. The van der Waals surface area contributed by atoms with Crippen molar-refractivity contribution in [2.24, 2.45) is 5.73 Å². The molecule has 19 heavy (non-hydrogen) atoms. The number of nitrogens with one attached hydrogen (secondary N) is 1. The molecule has 106 valence electrons. The summed E-state index contributed by atoms with van der Waals surface area (Å²) in [4.78, 5) is 10.6. The molecule has 0 saturated carbocycles. The third-order valence-corrected chi connectivity index (χ3v) is 2.43. The fourth-order valence-electron chi connectivity index (χ4n) is 1.48. The van der Waals surface area contributed by atoms with Crippen LogP contribution in [0, 0.1) is 10.1 Å². The number of anilines is 1. The van der Waals surface area contributed by atoms with Crippen molar-refractivity contribution in [2.45, 2.75) is 19.4 Å². The Balaban J connectivity index is 3.16. The van der Waals surface area contributed by atoms with Crippen molar-refractivity contribution in [1.82, 2.24) is 0 Å². The molecule has 0 bridgehead atoms. The van der Waals surface area contributed by atoms with Gasteiger partial charge in [-0.25, -0.2) is 0 Å². The summed E-state index contributed by atoms with van der Waals surface area (Å²) in [6.07, 6.45) is 0. The van der Waals surface area contributed by atoms with Gasteiger partial charge in [-0.05, 0) is 13.8 Å². The summed E-state index contributed by atoms with van der Waals surface area (Å²) < 4.78 is 10.2. The summed E-state index contributed by atoms with van der Waals surface area (Å²) >= 11 is 0. The molecular weight excluding hydrogens is 250 g/mol. The van der Waals surface area contributed by atoms with Gasteiger partial charge in [0.2, 0.25) is 0 Å². The van der Waals surface area contributed by atoms with Crippen LogP contribution in [-0.2, 0) is 0 Å². The lowest BCUT2D eigenvalue weighted by atomic mass is 10.1. The number of hydrogen-bond donors (Lipinski definition) is 2. The van der Waals surface area contributed by atoms with E-state index in [1.54, 1.807) is 0 Å². The van der Waals surface area contributed by atoms with Crippen LogP contribution in [0.15, 0.2) is 12.1 Å². The highest BCUT2D eigenvalue weighted by Gasteiger charge is 2.21. The zero-order chi connectivity index (χ0) is 14.6. The van der Waals surface area contributed by atoms with E-state index in [1.807, 2.05) is 13.8 Å². The molecule has 0 atom stereocenters. The number of benzene rings is 1. The Morgan fingerprint density at radius 1 is 1.32 bits per heavy atom. The van der Waals surface area contributed by atoms with Gasteiger partial charge in [0.1, 0.15) is 5.69 Å². The highest BCUT2D eigenvalue weighted by molar-refractivity contribution is 5.68. The minimum Gasteiger partial charge on any atom is -0.493 e. The maximum Gasteiger partial charge on any atom is 0.296 e. The maximum absolute atomic E-state index is 11.1. The lowest BCUT2D eigenvalue weighted by Gasteiger charge is -2.20. The van der Waals surface area contributed by atoms with E-state index >= 15 is 0 Å². The molecule has 3 N–H and O–H groups in total. The quantitative estimate of drug-likeness (QED) is 0.603. The molecule has 7 heteroatoms. The Hall–Kier alpha value is -2.02. The number of hydrogen-bond acceptors (Lipinski definition) is 6. The average Bonchev–Trinajstić information content (AvgIpc) is 2.33. The van der Waals surface area contributed by atoms with E-state index in [4.69, 9.17) is 15.2 Å². The highest BCUT2D eigenvalue weighted by Crippen LogP contribution is 2.37. The Kier molecular flexibility index (Phi) is 4.55. The minimum absolute atomic E-state index is 0.0816. The predicted octanol–water partition coefficient (Wildman–Crippen LogP) is 1.76. The SMILES string of the molecule is COc1cc(NCC(C)(C)N)c([N+](=O)[O-])cc1OC. The largest absolute Gasteiger partial charge is 0.493 e. The predicted molar refractivity (Wildman–Crippen MR) is 73.0 cm³/mol. The van der Waals surface area contributed by atoms with Crippen molar-refractivity contribution in [3.05, 3.63) is 22.2 Å². The summed E-state index contributed by atoms with van der Waals surface area (Å²) in [6, 6.07) is 2.85. The fraction of sp³-hybridized carbons (Fsp3) is 0.500. The molecule has 1 rings (SSSR count). The fourth-order valence-corrected chi connectivity index (χ4v) is 1.48. The molecule has 0 fully saturated rings. The molecule has 0 aromatic heterocycles. The minimum atomic E-state index is -0.485. The monoisotopic (exact) mass is 269 g/mol. The van der Waals surface area contributed by atoms with Crippen LogP contribution in [0.2, 0.25) is 0 Å². The number of ether oxygens (including phenoxy) is 2. The standard InChI is InChI=1S/C12H19N3O4/c1-12(2,13)7-14-8-5-10(18-3)11(19-4)6-9(8)15(16)17/h5-6,14H,7,13H2,1-4H3. The smallest absolute Gasteiger partial charge is 0.296 e. The summed E-state index contributed by atoms with van der Waals surface area (Å²) in [6.45, 7) is 4.04. The molecule has 0 aliphatic heterocycles. The van der Waals surface area contributed by atoms with E-state index in [0.29, 0.717) is 23.7 Å². The second-order valence-electron chi connectivity index (χ2n) is 4.82. The Labute approximate surface area is 111 Å². The normalized spacial score (nSPS) is 11.0. The number of nitrogens with zero attached hydrogens (tertiary/aromatic N) is 1. The van der Waals surface area contributed by atoms with Crippen LogP contribution in [0.5, 0.6) is 11.5 Å². The average molecular weight is 269 g/mol. The van der Waals surface area contributed by atoms with Gasteiger partial charge in [0.15, 0.2) is 11.5 Å². The molecule has 0 aliphatic carbocycles. The molecule has 0 heterocycles. The van der Waals surface area contributed by atoms with Crippen LogP contribution in [0.1, 0.15) is 13.8 Å². The Morgan fingerprint density at radius 2 is 1.84 bits per heavy atom. The first kappa shape index (κ1) is 15.0. The van der Waals surface area contributed by atoms with Gasteiger partial charge in [-0.1, -0.05) is 0 Å². The zero-order valence-corrected chi connectivity index (χ0v) is 11.5. The van der Waals surface area contributed by atoms with Crippen molar-refractivity contribution >= 4 is 11.4 Å². The van der Waals surface area contributed by atoms with Crippen LogP contribution in [0.4, 0.5) is 11.4 Å². The van der Waals surface area contributed by atoms with Crippen molar-refractivity contribution in [3.8, 4) is 11.5 Å². The second-order valence-corrected chi connectivity index (χ2v) is 4.82. The maximum atomic E-state index is 11.1. The van der Waals surface area contributed by atoms with Gasteiger partial charge >= 0.3 is 0 Å². The van der Waals surface area contributed by atoms with Gasteiger partial charge in [0.05, 0.1) is 25.2 Å². The van der Waals surface area contributed by atoms with Crippen LogP contribution < -0.4 is 20.5 Å².